The van der Waals surface area contributed by atoms with E-state index < -0.39 is 0 Å². The average molecular weight is 301 g/mol. The highest BCUT2D eigenvalue weighted by atomic mass is 35.5. The molecule has 1 spiro atoms. The Hall–Kier alpha value is -0.580. The van der Waals surface area contributed by atoms with E-state index in [0.29, 0.717) is 17.7 Å². The fraction of sp³-hybridized carbons (Fsp3) is 0.643. The summed E-state index contributed by atoms with van der Waals surface area (Å²) >= 11 is 1.68. The van der Waals surface area contributed by atoms with Gasteiger partial charge in [-0.1, -0.05) is 6.07 Å². The first kappa shape index (κ1) is 14.8. The Labute approximate surface area is 124 Å². The lowest BCUT2D eigenvalue weighted by Crippen LogP contribution is -2.40. The van der Waals surface area contributed by atoms with Gasteiger partial charge in [0.1, 0.15) is 0 Å². The van der Waals surface area contributed by atoms with Crippen LogP contribution in [0.25, 0.3) is 0 Å². The third kappa shape index (κ3) is 3.30. The summed E-state index contributed by atoms with van der Waals surface area (Å²) in [6, 6.07) is 4.07. The van der Waals surface area contributed by atoms with Crippen molar-refractivity contribution in [2.75, 3.05) is 26.2 Å². The van der Waals surface area contributed by atoms with Crippen molar-refractivity contribution in [1.29, 1.82) is 0 Å². The standard InChI is InChI=1S/C14H20N2OS.ClH/c17-13(10-12-2-1-9-18-12)16-8-5-14(11-16)3-6-15-7-4-14;/h1-2,9,15H,3-8,10-11H2;1H. The van der Waals surface area contributed by atoms with Gasteiger partial charge in [-0.25, -0.2) is 0 Å². The predicted molar refractivity (Wildman–Crippen MR) is 81.0 cm³/mol. The second-order valence-corrected chi connectivity index (χ2v) is 6.60. The first-order chi connectivity index (χ1) is 8.77. The fourth-order valence-electron chi connectivity index (χ4n) is 3.19. The zero-order chi connectivity index (χ0) is 12.4. The zero-order valence-electron chi connectivity index (χ0n) is 11.1. The summed E-state index contributed by atoms with van der Waals surface area (Å²) in [6.45, 7) is 4.18. The molecule has 1 aromatic rings. The number of rotatable bonds is 2. The van der Waals surface area contributed by atoms with E-state index in [1.165, 1.54) is 24.1 Å². The number of hydrogen-bond donors (Lipinski definition) is 1. The van der Waals surface area contributed by atoms with Crippen LogP contribution in [0.4, 0.5) is 0 Å². The number of nitrogens with zero attached hydrogens (tertiary/aromatic N) is 1. The van der Waals surface area contributed by atoms with E-state index in [-0.39, 0.29) is 12.4 Å². The van der Waals surface area contributed by atoms with Gasteiger partial charge in [0.05, 0.1) is 6.42 Å². The molecule has 0 unspecified atom stereocenters. The van der Waals surface area contributed by atoms with Crippen molar-refractivity contribution in [3.8, 4) is 0 Å². The SMILES string of the molecule is Cl.O=C(Cc1cccs1)N1CCC2(CCNCC2)C1. The van der Waals surface area contributed by atoms with Crippen molar-refractivity contribution in [2.24, 2.45) is 5.41 Å². The summed E-state index contributed by atoms with van der Waals surface area (Å²) in [5.74, 6) is 0.313. The van der Waals surface area contributed by atoms with Crippen LogP contribution in [0.1, 0.15) is 24.1 Å². The first-order valence-corrected chi connectivity index (χ1v) is 7.66. The Morgan fingerprint density at radius 1 is 1.37 bits per heavy atom. The molecule has 0 aromatic carbocycles. The van der Waals surface area contributed by atoms with Crippen LogP contribution in [-0.4, -0.2) is 37.0 Å². The molecule has 106 valence electrons. The lowest BCUT2D eigenvalue weighted by Gasteiger charge is -2.33. The molecule has 0 saturated carbocycles. The van der Waals surface area contributed by atoms with E-state index in [1.54, 1.807) is 11.3 Å². The number of carbonyl (C=O) groups is 1. The minimum atomic E-state index is 0. The van der Waals surface area contributed by atoms with Gasteiger partial charge in [0.25, 0.3) is 0 Å². The van der Waals surface area contributed by atoms with Crippen LogP contribution in [0, 0.1) is 5.41 Å². The molecule has 3 rings (SSSR count). The van der Waals surface area contributed by atoms with Crippen molar-refractivity contribution in [3.63, 3.8) is 0 Å². The molecular weight excluding hydrogens is 280 g/mol. The number of piperidine rings is 1. The lowest BCUT2D eigenvalue weighted by atomic mass is 9.78. The number of hydrogen-bond acceptors (Lipinski definition) is 3. The molecule has 0 radical (unpaired) electrons. The largest absolute Gasteiger partial charge is 0.342 e. The van der Waals surface area contributed by atoms with E-state index in [2.05, 4.69) is 16.3 Å². The van der Waals surface area contributed by atoms with Crippen molar-refractivity contribution in [1.82, 2.24) is 10.2 Å². The third-order valence-corrected chi connectivity index (χ3v) is 5.24. The predicted octanol–water partition coefficient (Wildman–Crippen LogP) is 2.31. The maximum Gasteiger partial charge on any atom is 0.227 e. The molecule has 2 aliphatic heterocycles. The van der Waals surface area contributed by atoms with Crippen molar-refractivity contribution < 1.29 is 4.79 Å². The number of likely N-dealkylation sites (tertiary alicyclic amines) is 1. The monoisotopic (exact) mass is 300 g/mol. The molecular formula is C14H21ClN2OS. The Kier molecular flexibility index (Phi) is 4.87. The number of amides is 1. The van der Waals surface area contributed by atoms with E-state index in [9.17, 15) is 4.79 Å². The van der Waals surface area contributed by atoms with Gasteiger partial charge in [-0.2, -0.15) is 0 Å². The Morgan fingerprint density at radius 3 is 2.84 bits per heavy atom. The van der Waals surface area contributed by atoms with Crippen LogP contribution in [0.5, 0.6) is 0 Å². The normalized spacial score (nSPS) is 21.4. The Morgan fingerprint density at radius 2 is 2.16 bits per heavy atom. The second kappa shape index (κ2) is 6.25. The maximum absolute atomic E-state index is 12.3. The Balaban J connectivity index is 0.00000133. The number of nitrogens with one attached hydrogen (secondary N) is 1. The molecule has 2 aliphatic rings. The summed E-state index contributed by atoms with van der Waals surface area (Å²) in [5, 5.41) is 5.46. The molecule has 0 aliphatic carbocycles. The van der Waals surface area contributed by atoms with E-state index in [1.807, 2.05) is 11.4 Å². The summed E-state index contributed by atoms with van der Waals surface area (Å²) in [5.41, 5.74) is 0.427. The summed E-state index contributed by atoms with van der Waals surface area (Å²) in [7, 11) is 0. The highest BCUT2D eigenvalue weighted by Gasteiger charge is 2.40. The van der Waals surface area contributed by atoms with Gasteiger partial charge in [0, 0.05) is 18.0 Å². The van der Waals surface area contributed by atoms with E-state index in [0.717, 1.165) is 26.2 Å². The number of thiophene rings is 1. The van der Waals surface area contributed by atoms with Crippen molar-refractivity contribution >= 4 is 29.7 Å². The van der Waals surface area contributed by atoms with Gasteiger partial charge in [-0.15, -0.1) is 23.7 Å². The summed E-state index contributed by atoms with van der Waals surface area (Å²) in [6.07, 6.45) is 4.25. The van der Waals surface area contributed by atoms with Crippen LogP contribution in [0.2, 0.25) is 0 Å². The summed E-state index contributed by atoms with van der Waals surface area (Å²) in [4.78, 5) is 15.5. The van der Waals surface area contributed by atoms with Gasteiger partial charge in [-0.3, -0.25) is 4.79 Å². The molecule has 2 saturated heterocycles. The minimum Gasteiger partial charge on any atom is -0.342 e. The highest BCUT2D eigenvalue weighted by Crippen LogP contribution is 2.38. The topological polar surface area (TPSA) is 32.3 Å². The van der Waals surface area contributed by atoms with Crippen LogP contribution in [0.3, 0.4) is 0 Å². The second-order valence-electron chi connectivity index (χ2n) is 5.57. The molecule has 19 heavy (non-hydrogen) atoms. The molecule has 3 heterocycles. The summed E-state index contributed by atoms with van der Waals surface area (Å²) < 4.78 is 0. The minimum absolute atomic E-state index is 0. The smallest absolute Gasteiger partial charge is 0.227 e. The van der Waals surface area contributed by atoms with Crippen LogP contribution in [0.15, 0.2) is 17.5 Å². The average Bonchev–Trinajstić information content (AvgIpc) is 3.01. The molecule has 1 amide bonds. The highest BCUT2D eigenvalue weighted by molar-refractivity contribution is 7.10. The van der Waals surface area contributed by atoms with Crippen molar-refractivity contribution in [2.45, 2.75) is 25.7 Å². The van der Waals surface area contributed by atoms with Crippen LogP contribution < -0.4 is 5.32 Å². The molecule has 5 heteroatoms. The quantitative estimate of drug-likeness (QED) is 0.909. The molecule has 0 atom stereocenters. The maximum atomic E-state index is 12.3. The van der Waals surface area contributed by atoms with E-state index in [4.69, 9.17) is 0 Å². The molecule has 1 aromatic heterocycles. The van der Waals surface area contributed by atoms with Crippen LogP contribution >= 0.6 is 23.7 Å². The van der Waals surface area contributed by atoms with Gasteiger partial charge < -0.3 is 10.2 Å². The van der Waals surface area contributed by atoms with Gasteiger partial charge >= 0.3 is 0 Å². The molecule has 2 fully saturated rings. The number of halogens is 1. The van der Waals surface area contributed by atoms with Crippen LogP contribution in [-0.2, 0) is 11.2 Å². The molecule has 3 nitrogen and oxygen atoms in total. The van der Waals surface area contributed by atoms with Gasteiger partial charge in [0.15, 0.2) is 0 Å². The first-order valence-electron chi connectivity index (χ1n) is 6.78. The molecule has 1 N–H and O–H groups in total. The fourth-order valence-corrected chi connectivity index (χ4v) is 3.88. The Bertz CT molecular complexity index is 415. The third-order valence-electron chi connectivity index (χ3n) is 4.36. The van der Waals surface area contributed by atoms with Gasteiger partial charge in [-0.05, 0) is 49.2 Å². The number of carbonyl (C=O) groups excluding carboxylic acids is 1. The van der Waals surface area contributed by atoms with Gasteiger partial charge in [0.2, 0.25) is 5.91 Å². The zero-order valence-corrected chi connectivity index (χ0v) is 12.7. The lowest BCUT2D eigenvalue weighted by molar-refractivity contribution is -0.129. The van der Waals surface area contributed by atoms with E-state index >= 15 is 0 Å². The molecule has 0 bridgehead atoms. The van der Waals surface area contributed by atoms with Crippen molar-refractivity contribution in [3.05, 3.63) is 22.4 Å².